The first-order chi connectivity index (χ1) is 7.11. The SMILES string of the molecule is Cc1c(Cl)ccc2c(C(=O)Cl)cccc12. The summed E-state index contributed by atoms with van der Waals surface area (Å²) in [6.07, 6.45) is 0. The number of benzene rings is 2. The lowest BCUT2D eigenvalue weighted by Crippen LogP contribution is -1.91. The summed E-state index contributed by atoms with van der Waals surface area (Å²) in [5, 5.41) is 2.07. The number of hydrogen-bond acceptors (Lipinski definition) is 1. The fourth-order valence-corrected chi connectivity index (χ4v) is 1.98. The maximum atomic E-state index is 11.2. The van der Waals surface area contributed by atoms with Gasteiger partial charge in [-0.05, 0) is 47.0 Å². The summed E-state index contributed by atoms with van der Waals surface area (Å²) in [5.41, 5.74) is 1.49. The molecule has 0 unspecified atom stereocenters. The normalized spacial score (nSPS) is 10.6. The summed E-state index contributed by atoms with van der Waals surface area (Å²) < 4.78 is 0. The van der Waals surface area contributed by atoms with Crippen molar-refractivity contribution in [2.75, 3.05) is 0 Å². The molecule has 0 fully saturated rings. The van der Waals surface area contributed by atoms with Gasteiger partial charge in [0.25, 0.3) is 5.24 Å². The van der Waals surface area contributed by atoms with Crippen LogP contribution in [0.1, 0.15) is 15.9 Å². The maximum absolute atomic E-state index is 11.2. The lowest BCUT2D eigenvalue weighted by Gasteiger charge is -2.06. The summed E-state index contributed by atoms with van der Waals surface area (Å²) in [5.74, 6) is 0. The van der Waals surface area contributed by atoms with E-state index in [9.17, 15) is 4.79 Å². The molecule has 2 aromatic rings. The predicted octanol–water partition coefficient (Wildman–Crippen LogP) is 4.18. The number of halogens is 2. The molecule has 1 nitrogen and oxygen atoms in total. The number of fused-ring (bicyclic) bond motifs is 1. The molecule has 0 aliphatic carbocycles. The summed E-state index contributed by atoms with van der Waals surface area (Å²) in [7, 11) is 0. The van der Waals surface area contributed by atoms with E-state index in [-0.39, 0.29) is 0 Å². The third kappa shape index (κ3) is 1.73. The van der Waals surface area contributed by atoms with Gasteiger partial charge in [0.15, 0.2) is 0 Å². The van der Waals surface area contributed by atoms with Gasteiger partial charge in [-0.15, -0.1) is 0 Å². The van der Waals surface area contributed by atoms with Gasteiger partial charge in [-0.1, -0.05) is 29.8 Å². The van der Waals surface area contributed by atoms with Crippen LogP contribution in [0, 0.1) is 6.92 Å². The van der Waals surface area contributed by atoms with Crippen molar-refractivity contribution in [1.29, 1.82) is 0 Å². The van der Waals surface area contributed by atoms with E-state index < -0.39 is 5.24 Å². The smallest absolute Gasteiger partial charge is 0.253 e. The summed E-state index contributed by atoms with van der Waals surface area (Å²) >= 11 is 11.5. The second-order valence-corrected chi connectivity index (χ2v) is 4.10. The molecule has 0 N–H and O–H groups in total. The van der Waals surface area contributed by atoms with Crippen LogP contribution < -0.4 is 0 Å². The molecule has 0 heterocycles. The fraction of sp³-hybridized carbons (Fsp3) is 0.0833. The summed E-state index contributed by atoms with van der Waals surface area (Å²) in [4.78, 5) is 11.2. The van der Waals surface area contributed by atoms with Crippen LogP contribution in [0.5, 0.6) is 0 Å². The molecule has 76 valence electrons. The monoisotopic (exact) mass is 238 g/mol. The Labute approximate surface area is 97.6 Å². The minimum absolute atomic E-state index is 0.442. The molecule has 0 aromatic heterocycles. The Kier molecular flexibility index (Phi) is 2.68. The van der Waals surface area contributed by atoms with E-state index in [2.05, 4.69) is 0 Å². The second-order valence-electron chi connectivity index (χ2n) is 3.35. The third-order valence-corrected chi connectivity index (χ3v) is 3.09. The molecular formula is C12H8Cl2O. The van der Waals surface area contributed by atoms with Crippen molar-refractivity contribution in [3.05, 3.63) is 46.5 Å². The van der Waals surface area contributed by atoms with Crippen LogP contribution in [0.4, 0.5) is 0 Å². The quantitative estimate of drug-likeness (QED) is 0.682. The van der Waals surface area contributed by atoms with Crippen molar-refractivity contribution in [2.45, 2.75) is 6.92 Å². The van der Waals surface area contributed by atoms with Crippen molar-refractivity contribution in [3.63, 3.8) is 0 Å². The van der Waals surface area contributed by atoms with Crippen LogP contribution in [0.3, 0.4) is 0 Å². The van der Waals surface area contributed by atoms with Gasteiger partial charge in [-0.3, -0.25) is 4.79 Å². The minimum atomic E-state index is -0.442. The molecule has 3 heteroatoms. The van der Waals surface area contributed by atoms with Gasteiger partial charge in [0, 0.05) is 10.6 Å². The molecule has 0 aliphatic heterocycles. The zero-order valence-electron chi connectivity index (χ0n) is 8.05. The standard InChI is InChI=1S/C12H8Cl2O/c1-7-8-3-2-4-10(12(14)15)9(8)5-6-11(7)13/h2-6H,1H3. The van der Waals surface area contributed by atoms with Crippen molar-refractivity contribution in [2.24, 2.45) is 0 Å². The first-order valence-electron chi connectivity index (χ1n) is 4.49. The molecule has 0 spiro atoms. The number of carbonyl (C=O) groups excluding carboxylic acids is 1. The maximum Gasteiger partial charge on any atom is 0.253 e. The molecule has 0 saturated heterocycles. The molecule has 15 heavy (non-hydrogen) atoms. The molecule has 2 aromatic carbocycles. The number of hydrogen-bond donors (Lipinski definition) is 0. The Hall–Kier alpha value is -1.05. The highest BCUT2D eigenvalue weighted by Gasteiger charge is 2.09. The Morgan fingerprint density at radius 3 is 2.53 bits per heavy atom. The second kappa shape index (κ2) is 3.84. The van der Waals surface area contributed by atoms with E-state index in [1.807, 2.05) is 19.1 Å². The van der Waals surface area contributed by atoms with Gasteiger partial charge in [0.2, 0.25) is 0 Å². The Morgan fingerprint density at radius 2 is 1.87 bits per heavy atom. The Balaban J connectivity index is 2.89. The van der Waals surface area contributed by atoms with Crippen molar-refractivity contribution in [3.8, 4) is 0 Å². The van der Waals surface area contributed by atoms with Crippen molar-refractivity contribution < 1.29 is 4.79 Å². The zero-order chi connectivity index (χ0) is 11.0. The predicted molar refractivity (Wildman–Crippen MR) is 63.9 cm³/mol. The van der Waals surface area contributed by atoms with Crippen LogP contribution >= 0.6 is 23.2 Å². The number of carbonyl (C=O) groups is 1. The Morgan fingerprint density at radius 1 is 1.13 bits per heavy atom. The van der Waals surface area contributed by atoms with Crippen LogP contribution in [0.2, 0.25) is 5.02 Å². The highest BCUT2D eigenvalue weighted by molar-refractivity contribution is 6.68. The Bertz CT molecular complexity index is 547. The van der Waals surface area contributed by atoms with Crippen molar-refractivity contribution in [1.82, 2.24) is 0 Å². The molecule has 0 atom stereocenters. The minimum Gasteiger partial charge on any atom is -0.276 e. The molecule has 0 aliphatic rings. The van der Waals surface area contributed by atoms with E-state index in [0.29, 0.717) is 10.6 Å². The topological polar surface area (TPSA) is 17.1 Å². The van der Waals surface area contributed by atoms with E-state index in [1.165, 1.54) is 0 Å². The first-order valence-corrected chi connectivity index (χ1v) is 5.24. The van der Waals surface area contributed by atoms with Gasteiger partial charge < -0.3 is 0 Å². The van der Waals surface area contributed by atoms with Crippen molar-refractivity contribution >= 4 is 39.2 Å². The highest BCUT2D eigenvalue weighted by Crippen LogP contribution is 2.28. The molecule has 2 rings (SSSR count). The van der Waals surface area contributed by atoms with Gasteiger partial charge in [-0.25, -0.2) is 0 Å². The first kappa shape index (κ1) is 10.5. The van der Waals surface area contributed by atoms with E-state index in [0.717, 1.165) is 16.3 Å². The van der Waals surface area contributed by atoms with Gasteiger partial charge in [0.05, 0.1) is 0 Å². The summed E-state index contributed by atoms with van der Waals surface area (Å²) in [6, 6.07) is 9.05. The zero-order valence-corrected chi connectivity index (χ0v) is 9.56. The molecule has 0 saturated carbocycles. The van der Waals surface area contributed by atoms with Gasteiger partial charge >= 0.3 is 0 Å². The molecule has 0 amide bonds. The number of aryl methyl sites for hydroxylation is 1. The van der Waals surface area contributed by atoms with Crippen LogP contribution in [-0.4, -0.2) is 5.24 Å². The number of rotatable bonds is 1. The summed E-state index contributed by atoms with van der Waals surface area (Å²) in [6.45, 7) is 1.92. The van der Waals surface area contributed by atoms with Gasteiger partial charge in [-0.2, -0.15) is 0 Å². The van der Waals surface area contributed by atoms with Crippen LogP contribution in [0.25, 0.3) is 10.8 Å². The largest absolute Gasteiger partial charge is 0.276 e. The third-order valence-electron chi connectivity index (χ3n) is 2.48. The van der Waals surface area contributed by atoms with Crippen LogP contribution in [0.15, 0.2) is 30.3 Å². The lowest BCUT2D eigenvalue weighted by molar-refractivity contribution is 0.108. The average Bonchev–Trinajstić information content (AvgIpc) is 2.23. The highest BCUT2D eigenvalue weighted by atomic mass is 35.5. The fourth-order valence-electron chi connectivity index (χ4n) is 1.65. The lowest BCUT2D eigenvalue weighted by atomic mass is 10.0. The van der Waals surface area contributed by atoms with E-state index >= 15 is 0 Å². The molecule has 0 bridgehead atoms. The molecule has 0 radical (unpaired) electrons. The molecular weight excluding hydrogens is 231 g/mol. The average molecular weight is 239 g/mol. The van der Waals surface area contributed by atoms with Crippen LogP contribution in [-0.2, 0) is 0 Å². The van der Waals surface area contributed by atoms with E-state index in [4.69, 9.17) is 23.2 Å². The van der Waals surface area contributed by atoms with Gasteiger partial charge in [0.1, 0.15) is 0 Å². The van der Waals surface area contributed by atoms with E-state index in [1.54, 1.807) is 18.2 Å².